The molecule has 44 heavy (non-hydrogen) atoms. The number of fused-ring (bicyclic) bond motifs is 1. The molecule has 1 aliphatic heterocycles. The molecule has 0 radical (unpaired) electrons. The maximum Gasteiger partial charge on any atom is 0.338 e. The van der Waals surface area contributed by atoms with Crippen LogP contribution in [0, 0.1) is 0 Å². The number of aromatic nitrogens is 3. The summed E-state index contributed by atoms with van der Waals surface area (Å²) in [5.74, 6) is 0.258. The lowest BCUT2D eigenvalue weighted by atomic mass is 9.96. The first-order valence-corrected chi connectivity index (χ1v) is 15.4. The van der Waals surface area contributed by atoms with Crippen molar-refractivity contribution >= 4 is 35.0 Å². The second-order valence-corrected chi connectivity index (χ2v) is 11.5. The molecule has 6 rings (SSSR count). The summed E-state index contributed by atoms with van der Waals surface area (Å²) in [5, 5.41) is 5.46. The van der Waals surface area contributed by atoms with Crippen LogP contribution in [0.1, 0.15) is 37.9 Å². The average molecular weight is 625 g/mol. The van der Waals surface area contributed by atoms with E-state index in [1.165, 1.54) is 11.3 Å². The number of hydrogen-bond acceptors (Lipinski definition) is 7. The summed E-state index contributed by atoms with van der Waals surface area (Å²) in [4.78, 5) is 32.5. The fourth-order valence-corrected chi connectivity index (χ4v) is 6.36. The summed E-state index contributed by atoms with van der Waals surface area (Å²) in [6, 6.07) is 23.9. The number of carbonyl (C=O) groups is 1. The summed E-state index contributed by atoms with van der Waals surface area (Å²) in [6.07, 6.45) is 3.75. The molecule has 0 unspecified atom stereocenters. The van der Waals surface area contributed by atoms with Gasteiger partial charge in [-0.3, -0.25) is 9.36 Å². The molecule has 0 fully saturated rings. The number of ether oxygens (including phenoxy) is 2. The zero-order valence-corrected chi connectivity index (χ0v) is 25.9. The van der Waals surface area contributed by atoms with Gasteiger partial charge in [-0.1, -0.05) is 53.3 Å². The molecule has 3 aromatic carbocycles. The standard InChI is InChI=1S/C34H29ClN4O4S/c1-4-42-27-17-13-22(14-18-27)30-24(20-38(37-30)26-9-7-6-8-10-26)19-28-32(40)39-31(23-11-15-25(35)16-12-23)29(33(41)43-5-2)21(3)36-34(39)44-28/h6-20,31H,4-5H2,1-3H3/b28-19-/t31-/m1/s1. The van der Waals surface area contributed by atoms with Crippen LogP contribution in [0.25, 0.3) is 23.0 Å². The number of allylic oxidation sites excluding steroid dienone is 1. The third-order valence-corrected chi connectivity index (χ3v) is 8.43. The van der Waals surface area contributed by atoms with E-state index in [2.05, 4.69) is 4.99 Å². The first kappa shape index (κ1) is 29.3. The van der Waals surface area contributed by atoms with E-state index in [1.54, 1.807) is 35.2 Å². The van der Waals surface area contributed by atoms with Crippen molar-refractivity contribution in [2.75, 3.05) is 13.2 Å². The molecule has 0 bridgehead atoms. The van der Waals surface area contributed by atoms with Gasteiger partial charge in [0.25, 0.3) is 5.56 Å². The van der Waals surface area contributed by atoms with Crippen LogP contribution in [0.3, 0.4) is 0 Å². The van der Waals surface area contributed by atoms with Gasteiger partial charge in [0.15, 0.2) is 4.80 Å². The van der Waals surface area contributed by atoms with Gasteiger partial charge in [0, 0.05) is 22.3 Å². The van der Waals surface area contributed by atoms with Gasteiger partial charge in [-0.2, -0.15) is 5.10 Å². The van der Waals surface area contributed by atoms with Crippen molar-refractivity contribution < 1.29 is 14.3 Å². The molecule has 1 atom stereocenters. The highest BCUT2D eigenvalue weighted by atomic mass is 35.5. The minimum atomic E-state index is -0.720. The Labute approximate surface area is 262 Å². The third kappa shape index (κ3) is 5.64. The maximum atomic E-state index is 14.2. The SMILES string of the molecule is CCOC(=O)C1=C(C)N=c2s/c(=C\c3cn(-c4ccccc4)nc3-c3ccc(OCC)cc3)c(=O)n2[C@@H]1c1ccc(Cl)cc1. The van der Waals surface area contributed by atoms with Crippen molar-refractivity contribution in [2.45, 2.75) is 26.8 Å². The Hall–Kier alpha value is -4.73. The van der Waals surface area contributed by atoms with Gasteiger partial charge in [0.05, 0.1) is 40.7 Å². The number of carbonyl (C=O) groups excluding carboxylic acids is 1. The predicted octanol–water partition coefficient (Wildman–Crippen LogP) is 5.70. The second-order valence-electron chi connectivity index (χ2n) is 10.0. The molecule has 0 amide bonds. The molecule has 0 spiro atoms. The Morgan fingerprint density at radius 3 is 2.41 bits per heavy atom. The summed E-state index contributed by atoms with van der Waals surface area (Å²) < 4.78 is 14.9. The van der Waals surface area contributed by atoms with Crippen LogP contribution in [0.4, 0.5) is 0 Å². The molecular formula is C34H29ClN4O4S. The monoisotopic (exact) mass is 624 g/mol. The third-order valence-electron chi connectivity index (χ3n) is 7.19. The molecule has 5 aromatic rings. The first-order chi connectivity index (χ1) is 21.4. The normalized spacial score (nSPS) is 14.7. The fourth-order valence-electron chi connectivity index (χ4n) is 5.20. The fraction of sp³-hybridized carbons (Fsp3) is 0.176. The van der Waals surface area contributed by atoms with Gasteiger partial charge in [0.1, 0.15) is 11.4 Å². The lowest BCUT2D eigenvalue weighted by Gasteiger charge is -2.24. The minimum absolute atomic E-state index is 0.201. The van der Waals surface area contributed by atoms with Gasteiger partial charge in [-0.15, -0.1) is 0 Å². The predicted molar refractivity (Wildman–Crippen MR) is 172 cm³/mol. The van der Waals surface area contributed by atoms with Gasteiger partial charge in [-0.25, -0.2) is 14.5 Å². The van der Waals surface area contributed by atoms with E-state index < -0.39 is 12.0 Å². The van der Waals surface area contributed by atoms with Crippen LogP contribution >= 0.6 is 22.9 Å². The molecule has 2 aromatic heterocycles. The van der Waals surface area contributed by atoms with E-state index in [-0.39, 0.29) is 12.2 Å². The number of halogens is 1. The Morgan fingerprint density at radius 1 is 1.00 bits per heavy atom. The molecule has 8 nitrogen and oxygen atoms in total. The molecule has 0 saturated carbocycles. The van der Waals surface area contributed by atoms with E-state index >= 15 is 0 Å². The smallest absolute Gasteiger partial charge is 0.338 e. The summed E-state index contributed by atoms with van der Waals surface area (Å²) in [5.41, 5.74) is 4.51. The molecule has 0 saturated heterocycles. The van der Waals surface area contributed by atoms with E-state index in [1.807, 2.05) is 85.9 Å². The second kappa shape index (κ2) is 12.5. The average Bonchev–Trinajstić information content (AvgIpc) is 3.58. The van der Waals surface area contributed by atoms with Crippen LogP contribution in [-0.4, -0.2) is 33.5 Å². The highest BCUT2D eigenvalue weighted by Crippen LogP contribution is 2.32. The highest BCUT2D eigenvalue weighted by molar-refractivity contribution is 7.07. The van der Waals surface area contributed by atoms with Gasteiger partial charge >= 0.3 is 5.97 Å². The van der Waals surface area contributed by atoms with Crippen LogP contribution in [0.5, 0.6) is 5.75 Å². The van der Waals surface area contributed by atoms with Crippen molar-refractivity contribution in [2.24, 2.45) is 4.99 Å². The molecule has 222 valence electrons. The Morgan fingerprint density at radius 2 is 1.73 bits per heavy atom. The van der Waals surface area contributed by atoms with E-state index in [0.29, 0.717) is 37.9 Å². The van der Waals surface area contributed by atoms with Crippen LogP contribution in [0.15, 0.2) is 106 Å². The number of para-hydroxylation sites is 1. The van der Waals surface area contributed by atoms with Gasteiger partial charge < -0.3 is 9.47 Å². The van der Waals surface area contributed by atoms with Crippen LogP contribution < -0.4 is 19.6 Å². The molecule has 0 aliphatic carbocycles. The lowest BCUT2D eigenvalue weighted by molar-refractivity contribution is -0.139. The van der Waals surface area contributed by atoms with Crippen LogP contribution in [-0.2, 0) is 9.53 Å². The lowest BCUT2D eigenvalue weighted by Crippen LogP contribution is -2.39. The van der Waals surface area contributed by atoms with E-state index in [0.717, 1.165) is 28.1 Å². The molecule has 10 heteroatoms. The number of thiazole rings is 1. The number of esters is 1. The first-order valence-electron chi connectivity index (χ1n) is 14.2. The van der Waals surface area contributed by atoms with Gasteiger partial charge in [-0.05, 0) is 80.9 Å². The Bertz CT molecular complexity index is 2040. The zero-order chi connectivity index (χ0) is 30.8. The molecule has 1 aliphatic rings. The number of nitrogens with zero attached hydrogens (tertiary/aromatic N) is 4. The Balaban J connectivity index is 1.53. The highest BCUT2D eigenvalue weighted by Gasteiger charge is 2.33. The summed E-state index contributed by atoms with van der Waals surface area (Å²) in [7, 11) is 0. The number of hydrogen-bond donors (Lipinski definition) is 0. The van der Waals surface area contributed by atoms with Crippen molar-refractivity contribution in [3.8, 4) is 22.7 Å². The zero-order valence-electron chi connectivity index (χ0n) is 24.4. The van der Waals surface area contributed by atoms with E-state index in [4.69, 9.17) is 26.2 Å². The van der Waals surface area contributed by atoms with Crippen LogP contribution in [0.2, 0.25) is 5.02 Å². The largest absolute Gasteiger partial charge is 0.494 e. The number of rotatable bonds is 8. The number of benzene rings is 3. The van der Waals surface area contributed by atoms with Gasteiger partial charge in [0.2, 0.25) is 0 Å². The summed E-state index contributed by atoms with van der Waals surface area (Å²) in [6.45, 7) is 6.23. The quantitative estimate of drug-likeness (QED) is 0.207. The topological polar surface area (TPSA) is 87.7 Å². The minimum Gasteiger partial charge on any atom is -0.494 e. The maximum absolute atomic E-state index is 14.2. The molecule has 0 N–H and O–H groups in total. The van der Waals surface area contributed by atoms with E-state index in [9.17, 15) is 9.59 Å². The Kier molecular flexibility index (Phi) is 8.32. The van der Waals surface area contributed by atoms with Crippen molar-refractivity contribution in [3.05, 3.63) is 132 Å². The molecule has 3 heterocycles. The van der Waals surface area contributed by atoms with Crippen molar-refractivity contribution in [1.82, 2.24) is 14.3 Å². The summed E-state index contributed by atoms with van der Waals surface area (Å²) >= 11 is 7.45. The molecular weight excluding hydrogens is 596 g/mol. The van der Waals surface area contributed by atoms with Crippen molar-refractivity contribution in [1.29, 1.82) is 0 Å². The van der Waals surface area contributed by atoms with Crippen molar-refractivity contribution in [3.63, 3.8) is 0 Å².